The van der Waals surface area contributed by atoms with Crippen LogP contribution in [0.3, 0.4) is 0 Å². The minimum Gasteiger partial charge on any atom is -0.459 e. The van der Waals surface area contributed by atoms with Crippen LogP contribution in [0.1, 0.15) is 91.4 Å². The predicted molar refractivity (Wildman–Crippen MR) is 122 cm³/mol. The summed E-state index contributed by atoms with van der Waals surface area (Å²) in [5.41, 5.74) is 1.40. The second-order valence-electron chi connectivity index (χ2n) is 10.9. The third-order valence-electron chi connectivity index (χ3n) is 9.24. The number of carbonyl (C=O) groups excluding carboxylic acids is 3. The number of esters is 2. The molecule has 4 aliphatic carbocycles. The highest BCUT2D eigenvalue weighted by Gasteiger charge is 2.60. The molecule has 0 heterocycles. The van der Waals surface area contributed by atoms with E-state index in [1.165, 1.54) is 5.57 Å². The molecular weight excluding hydrogens is 404 g/mol. The lowest BCUT2D eigenvalue weighted by molar-refractivity contribution is -0.171. The molecule has 0 aromatic heterocycles. The van der Waals surface area contributed by atoms with Crippen molar-refractivity contribution in [1.29, 1.82) is 0 Å². The molecule has 0 aromatic carbocycles. The molecule has 3 saturated carbocycles. The summed E-state index contributed by atoms with van der Waals surface area (Å²) in [6.07, 6.45) is 12.2. The minimum atomic E-state index is -0.401. The average molecular weight is 445 g/mol. The fourth-order valence-corrected chi connectivity index (χ4v) is 7.63. The van der Waals surface area contributed by atoms with E-state index < -0.39 is 5.97 Å². The maximum Gasteiger partial charge on any atom is 0.344 e. The van der Waals surface area contributed by atoms with Crippen LogP contribution in [0.25, 0.3) is 0 Å². The van der Waals surface area contributed by atoms with Crippen LogP contribution < -0.4 is 0 Å². The van der Waals surface area contributed by atoms with Crippen molar-refractivity contribution in [1.82, 2.24) is 0 Å². The zero-order valence-electron chi connectivity index (χ0n) is 20.1. The Bertz CT molecular complexity index is 770. The van der Waals surface area contributed by atoms with E-state index >= 15 is 0 Å². The Morgan fingerprint density at radius 1 is 1.09 bits per heavy atom. The summed E-state index contributed by atoms with van der Waals surface area (Å²) in [7, 11) is 0. The summed E-state index contributed by atoms with van der Waals surface area (Å²) in [6, 6.07) is 0. The molecule has 5 heteroatoms. The average Bonchev–Trinajstić information content (AvgIpc) is 3.07. The second-order valence-corrected chi connectivity index (χ2v) is 10.9. The lowest BCUT2D eigenvalue weighted by Gasteiger charge is -2.53. The molecule has 0 unspecified atom stereocenters. The van der Waals surface area contributed by atoms with Gasteiger partial charge in [0.05, 0.1) is 0 Å². The van der Waals surface area contributed by atoms with Gasteiger partial charge in [0.15, 0.2) is 12.4 Å². The van der Waals surface area contributed by atoms with Crippen molar-refractivity contribution in [2.24, 2.45) is 35.0 Å². The monoisotopic (exact) mass is 444 g/mol. The number of carbonyl (C=O) groups is 3. The number of allylic oxidation sites excluding steroid dienone is 1. The molecule has 0 saturated heterocycles. The van der Waals surface area contributed by atoms with Crippen LogP contribution in [0.5, 0.6) is 0 Å². The number of fused-ring (bicyclic) bond motifs is 5. The van der Waals surface area contributed by atoms with Gasteiger partial charge in [0.2, 0.25) is 0 Å². The van der Waals surface area contributed by atoms with E-state index in [1.807, 2.05) is 13.0 Å². The van der Waals surface area contributed by atoms with Crippen LogP contribution in [0.4, 0.5) is 0 Å². The highest BCUT2D eigenvalue weighted by atomic mass is 16.6. The normalized spacial score (nSPS) is 38.2. The lowest BCUT2D eigenvalue weighted by atomic mass is 9.52. The van der Waals surface area contributed by atoms with E-state index in [-0.39, 0.29) is 24.1 Å². The highest BCUT2D eigenvalue weighted by Crippen LogP contribution is 2.64. The van der Waals surface area contributed by atoms with E-state index in [1.54, 1.807) is 0 Å². The van der Waals surface area contributed by atoms with E-state index in [0.29, 0.717) is 48.2 Å². The molecule has 32 heavy (non-hydrogen) atoms. The molecule has 0 amide bonds. The van der Waals surface area contributed by atoms with E-state index in [2.05, 4.69) is 13.8 Å². The smallest absolute Gasteiger partial charge is 0.344 e. The van der Waals surface area contributed by atoms with Crippen LogP contribution in [-0.2, 0) is 23.9 Å². The van der Waals surface area contributed by atoms with Crippen molar-refractivity contribution >= 4 is 17.7 Å². The van der Waals surface area contributed by atoms with Gasteiger partial charge in [0.25, 0.3) is 0 Å². The molecule has 0 bridgehead atoms. The molecule has 5 nitrogen and oxygen atoms in total. The minimum absolute atomic E-state index is 0.00454. The molecule has 0 aliphatic heterocycles. The van der Waals surface area contributed by atoms with Crippen LogP contribution >= 0.6 is 0 Å². The van der Waals surface area contributed by atoms with Crippen molar-refractivity contribution in [3.63, 3.8) is 0 Å². The van der Waals surface area contributed by atoms with Gasteiger partial charge >= 0.3 is 11.9 Å². The summed E-state index contributed by atoms with van der Waals surface area (Å²) in [5.74, 6) is 2.45. The number of rotatable bonds is 7. The van der Waals surface area contributed by atoms with E-state index in [0.717, 1.165) is 57.8 Å². The Labute approximate surface area is 192 Å². The van der Waals surface area contributed by atoms with Gasteiger partial charge in [-0.15, -0.1) is 0 Å². The topological polar surface area (TPSA) is 69.7 Å². The molecule has 178 valence electrons. The second kappa shape index (κ2) is 9.69. The Balaban J connectivity index is 1.43. The Morgan fingerprint density at radius 3 is 2.66 bits per heavy atom. The maximum absolute atomic E-state index is 12.6. The summed E-state index contributed by atoms with van der Waals surface area (Å²) >= 11 is 0. The third-order valence-corrected chi connectivity index (χ3v) is 9.24. The molecule has 7 atom stereocenters. The first-order valence-electron chi connectivity index (χ1n) is 13.0. The van der Waals surface area contributed by atoms with Crippen molar-refractivity contribution in [2.75, 3.05) is 6.61 Å². The fraction of sp³-hybridized carbons (Fsp3) is 0.815. The molecule has 0 radical (unpaired) electrons. The molecule has 0 aromatic rings. The van der Waals surface area contributed by atoms with Crippen LogP contribution in [0.2, 0.25) is 0 Å². The zero-order valence-corrected chi connectivity index (χ0v) is 20.1. The summed E-state index contributed by atoms with van der Waals surface area (Å²) in [4.78, 5) is 36.3. The number of unbranched alkanes of at least 4 members (excludes halogenated alkanes) is 1. The molecule has 0 spiro atoms. The first-order chi connectivity index (χ1) is 15.4. The van der Waals surface area contributed by atoms with Crippen molar-refractivity contribution in [2.45, 2.75) is 97.5 Å². The standard InChI is InChI=1S/C27H40O5/c1-4-6-7-24(29)31-16-25(30)32-26-17(5-2)15-23-22-10-8-18-14-19(28)9-11-20(18)21(22)12-13-27(23,26)3/h14,17,20-23,26H,4-13,15-16H2,1-3H3/t17-,20-,21+,22+,23-,26-,27-/m0/s1. The predicted octanol–water partition coefficient (Wildman–Crippen LogP) is 5.41. The molecule has 0 N–H and O–H groups in total. The number of hydrogen-bond acceptors (Lipinski definition) is 5. The lowest BCUT2D eigenvalue weighted by Crippen LogP contribution is -2.49. The van der Waals surface area contributed by atoms with Gasteiger partial charge in [-0.2, -0.15) is 0 Å². The number of ketones is 1. The van der Waals surface area contributed by atoms with Gasteiger partial charge in [-0.05, 0) is 87.0 Å². The van der Waals surface area contributed by atoms with Gasteiger partial charge in [-0.25, -0.2) is 4.79 Å². The highest BCUT2D eigenvalue weighted by molar-refractivity contribution is 5.91. The first kappa shape index (κ1) is 23.5. The largest absolute Gasteiger partial charge is 0.459 e. The van der Waals surface area contributed by atoms with Gasteiger partial charge in [0, 0.05) is 18.3 Å². The SMILES string of the molecule is CCCCC(=O)OCC(=O)O[C@H]1[C@@H](CC)C[C@H]2[C@@H]3CCC4=CC(=O)CC[C@@H]4[C@H]3CC[C@@]21C. The van der Waals surface area contributed by atoms with Gasteiger partial charge < -0.3 is 9.47 Å². The zero-order chi connectivity index (χ0) is 22.9. The summed E-state index contributed by atoms with van der Waals surface area (Å²) in [5, 5.41) is 0. The number of hydrogen-bond donors (Lipinski definition) is 0. The number of ether oxygens (including phenoxy) is 2. The Morgan fingerprint density at radius 2 is 1.91 bits per heavy atom. The molecule has 3 fully saturated rings. The first-order valence-corrected chi connectivity index (χ1v) is 13.0. The summed E-state index contributed by atoms with van der Waals surface area (Å²) < 4.78 is 11.2. The molecule has 4 rings (SSSR count). The Hall–Kier alpha value is -1.65. The van der Waals surface area contributed by atoms with Gasteiger partial charge in [-0.1, -0.05) is 32.8 Å². The van der Waals surface area contributed by atoms with Gasteiger partial charge in [0.1, 0.15) is 6.10 Å². The van der Waals surface area contributed by atoms with Crippen LogP contribution in [0, 0.1) is 35.0 Å². The van der Waals surface area contributed by atoms with Gasteiger partial charge in [-0.3, -0.25) is 9.59 Å². The fourth-order valence-electron chi connectivity index (χ4n) is 7.63. The summed E-state index contributed by atoms with van der Waals surface area (Å²) in [6.45, 7) is 6.29. The molecular formula is C27H40O5. The van der Waals surface area contributed by atoms with E-state index in [4.69, 9.17) is 9.47 Å². The van der Waals surface area contributed by atoms with Crippen molar-refractivity contribution < 1.29 is 23.9 Å². The molecule has 4 aliphatic rings. The Kier molecular flexibility index (Phi) is 7.11. The maximum atomic E-state index is 12.6. The van der Waals surface area contributed by atoms with Crippen LogP contribution in [0.15, 0.2) is 11.6 Å². The van der Waals surface area contributed by atoms with Crippen molar-refractivity contribution in [3.8, 4) is 0 Å². The third kappa shape index (κ3) is 4.41. The van der Waals surface area contributed by atoms with Crippen LogP contribution in [-0.4, -0.2) is 30.4 Å². The van der Waals surface area contributed by atoms with E-state index in [9.17, 15) is 14.4 Å². The van der Waals surface area contributed by atoms with Crippen molar-refractivity contribution in [3.05, 3.63) is 11.6 Å². The quantitative estimate of drug-likeness (QED) is 0.491.